The molecule has 2 aromatic rings. The van der Waals surface area contributed by atoms with E-state index >= 15 is 0 Å². The van der Waals surface area contributed by atoms with Crippen LogP contribution in [0.4, 0.5) is 0 Å². The maximum Gasteiger partial charge on any atom is 0.347 e. The Hall–Kier alpha value is -0.750. The molecule has 2 rings (SSSR count). The van der Waals surface area contributed by atoms with Crippen molar-refractivity contribution in [2.45, 2.75) is 26.1 Å². The first kappa shape index (κ1) is 23.5. The second kappa shape index (κ2) is 10.3. The molecular formula is C18H14Cl6O4. The van der Waals surface area contributed by atoms with Crippen LogP contribution in [0.1, 0.15) is 13.8 Å². The Morgan fingerprint density at radius 3 is 1.82 bits per heavy atom. The van der Waals surface area contributed by atoms with Crippen molar-refractivity contribution in [1.29, 1.82) is 0 Å². The number of rotatable bonds is 7. The highest BCUT2D eigenvalue weighted by Gasteiger charge is 2.21. The van der Waals surface area contributed by atoms with Crippen molar-refractivity contribution in [2.75, 3.05) is 6.61 Å². The molecule has 0 N–H and O–H groups in total. The summed E-state index contributed by atoms with van der Waals surface area (Å²) in [5, 5.41) is 1.65. The lowest BCUT2D eigenvalue weighted by atomic mass is 10.3. The third kappa shape index (κ3) is 6.38. The van der Waals surface area contributed by atoms with E-state index in [0.29, 0.717) is 20.8 Å². The summed E-state index contributed by atoms with van der Waals surface area (Å²) in [5.74, 6) is -0.0728. The van der Waals surface area contributed by atoms with Crippen molar-refractivity contribution in [3.05, 3.63) is 54.4 Å². The Kier molecular flexibility index (Phi) is 8.68. The van der Waals surface area contributed by atoms with E-state index in [-0.39, 0.29) is 27.4 Å². The van der Waals surface area contributed by atoms with Crippen molar-refractivity contribution in [2.24, 2.45) is 0 Å². The molecule has 0 aliphatic carbocycles. The van der Waals surface area contributed by atoms with Crippen LogP contribution >= 0.6 is 69.6 Å². The number of hydrogen-bond donors (Lipinski definition) is 0. The fourth-order valence-corrected chi connectivity index (χ4v) is 3.16. The number of esters is 1. The Balaban J connectivity index is 1.91. The van der Waals surface area contributed by atoms with Gasteiger partial charge in [-0.25, -0.2) is 4.79 Å². The minimum Gasteiger partial charge on any atom is -0.488 e. The second-order valence-electron chi connectivity index (χ2n) is 5.71. The van der Waals surface area contributed by atoms with Crippen molar-refractivity contribution in [3.8, 4) is 11.5 Å². The summed E-state index contributed by atoms with van der Waals surface area (Å²) in [6.07, 6.45) is -1.53. The summed E-state index contributed by atoms with van der Waals surface area (Å²) in [6, 6.07) is 5.80. The quantitative estimate of drug-likeness (QED) is 0.290. The molecule has 2 aromatic carbocycles. The fourth-order valence-electron chi connectivity index (χ4n) is 1.98. The molecule has 0 aliphatic heterocycles. The molecule has 0 aliphatic rings. The molecule has 0 fully saturated rings. The van der Waals surface area contributed by atoms with Gasteiger partial charge in [-0.15, -0.1) is 0 Å². The molecule has 10 heteroatoms. The minimum atomic E-state index is -0.939. The van der Waals surface area contributed by atoms with Crippen LogP contribution in [0.3, 0.4) is 0 Å². The molecule has 4 nitrogen and oxygen atoms in total. The highest BCUT2D eigenvalue weighted by molar-refractivity contribution is 6.44. The van der Waals surface area contributed by atoms with E-state index in [1.807, 2.05) is 0 Å². The second-order valence-corrected chi connectivity index (χ2v) is 8.16. The van der Waals surface area contributed by atoms with E-state index in [1.54, 1.807) is 6.92 Å². The SMILES string of the molecule is C[C@H](COc1cc(Cl)c(Cl)cc1Cl)OC(=O)[C@@H](C)Oc1cc(Cl)c(Cl)cc1Cl. The van der Waals surface area contributed by atoms with Crippen LogP contribution in [0.2, 0.25) is 30.1 Å². The van der Waals surface area contributed by atoms with Crippen LogP contribution < -0.4 is 9.47 Å². The van der Waals surface area contributed by atoms with Crippen LogP contribution in [0, 0.1) is 0 Å². The van der Waals surface area contributed by atoms with Crippen molar-refractivity contribution in [3.63, 3.8) is 0 Å². The minimum absolute atomic E-state index is 0.0453. The van der Waals surface area contributed by atoms with Gasteiger partial charge in [0.1, 0.15) is 24.2 Å². The van der Waals surface area contributed by atoms with Gasteiger partial charge in [0.15, 0.2) is 6.10 Å². The monoisotopic (exact) mass is 504 g/mol. The van der Waals surface area contributed by atoms with E-state index in [0.717, 1.165) is 0 Å². The van der Waals surface area contributed by atoms with Crippen LogP contribution in [-0.4, -0.2) is 24.8 Å². The summed E-state index contributed by atoms with van der Waals surface area (Å²) in [4.78, 5) is 12.2. The van der Waals surface area contributed by atoms with Crippen LogP contribution in [0.15, 0.2) is 24.3 Å². The zero-order chi connectivity index (χ0) is 21.0. The van der Waals surface area contributed by atoms with E-state index in [4.69, 9.17) is 83.8 Å². The smallest absolute Gasteiger partial charge is 0.347 e. The predicted octanol–water partition coefficient (Wildman–Crippen LogP) is 7.39. The molecule has 0 radical (unpaired) electrons. The average Bonchev–Trinajstić information content (AvgIpc) is 2.61. The first-order valence-corrected chi connectivity index (χ1v) is 10.1. The molecule has 0 spiro atoms. The van der Waals surface area contributed by atoms with Crippen molar-refractivity contribution >= 4 is 75.6 Å². The summed E-state index contributed by atoms with van der Waals surface area (Å²) in [7, 11) is 0. The zero-order valence-electron chi connectivity index (χ0n) is 14.6. The van der Waals surface area contributed by atoms with Crippen LogP contribution in [-0.2, 0) is 9.53 Å². The lowest BCUT2D eigenvalue weighted by Crippen LogP contribution is -2.31. The molecule has 0 saturated heterocycles. The normalized spacial score (nSPS) is 13.0. The van der Waals surface area contributed by atoms with E-state index in [1.165, 1.54) is 31.2 Å². The van der Waals surface area contributed by atoms with Gasteiger partial charge in [-0.2, -0.15) is 0 Å². The first-order chi connectivity index (χ1) is 13.1. The van der Waals surface area contributed by atoms with E-state index in [2.05, 4.69) is 0 Å². The van der Waals surface area contributed by atoms with Gasteiger partial charge in [0.2, 0.25) is 0 Å². The Morgan fingerprint density at radius 1 is 0.786 bits per heavy atom. The number of benzene rings is 2. The molecular weight excluding hydrogens is 493 g/mol. The molecule has 0 unspecified atom stereocenters. The number of carbonyl (C=O) groups excluding carboxylic acids is 1. The number of halogens is 6. The Morgan fingerprint density at radius 2 is 1.25 bits per heavy atom. The maximum absolute atomic E-state index is 12.2. The Labute approximate surface area is 192 Å². The number of ether oxygens (including phenoxy) is 3. The average molecular weight is 507 g/mol. The molecule has 0 saturated carbocycles. The first-order valence-electron chi connectivity index (χ1n) is 7.87. The lowest BCUT2D eigenvalue weighted by molar-refractivity contribution is -0.157. The molecule has 2 atom stereocenters. The van der Waals surface area contributed by atoms with Crippen LogP contribution in [0.5, 0.6) is 11.5 Å². The van der Waals surface area contributed by atoms with Gasteiger partial charge in [0.25, 0.3) is 0 Å². The lowest BCUT2D eigenvalue weighted by Gasteiger charge is -2.19. The van der Waals surface area contributed by atoms with Gasteiger partial charge in [0.05, 0.1) is 30.1 Å². The van der Waals surface area contributed by atoms with Gasteiger partial charge >= 0.3 is 5.97 Å². The number of carbonyl (C=O) groups is 1. The largest absolute Gasteiger partial charge is 0.488 e. The molecule has 152 valence electrons. The zero-order valence-corrected chi connectivity index (χ0v) is 19.1. The van der Waals surface area contributed by atoms with Gasteiger partial charge in [-0.1, -0.05) is 69.6 Å². The Bertz CT molecular complexity index is 874. The van der Waals surface area contributed by atoms with Crippen molar-refractivity contribution < 1.29 is 19.0 Å². The van der Waals surface area contributed by atoms with Gasteiger partial charge in [-0.05, 0) is 26.0 Å². The summed E-state index contributed by atoms with van der Waals surface area (Å²) >= 11 is 35.7. The summed E-state index contributed by atoms with van der Waals surface area (Å²) in [5.41, 5.74) is 0. The maximum atomic E-state index is 12.2. The topological polar surface area (TPSA) is 44.8 Å². The van der Waals surface area contributed by atoms with Gasteiger partial charge in [0, 0.05) is 12.1 Å². The molecule has 0 bridgehead atoms. The highest BCUT2D eigenvalue weighted by Crippen LogP contribution is 2.35. The number of hydrogen-bond acceptors (Lipinski definition) is 4. The highest BCUT2D eigenvalue weighted by atomic mass is 35.5. The van der Waals surface area contributed by atoms with Crippen LogP contribution in [0.25, 0.3) is 0 Å². The van der Waals surface area contributed by atoms with Gasteiger partial charge in [-0.3, -0.25) is 0 Å². The van der Waals surface area contributed by atoms with E-state index < -0.39 is 18.2 Å². The van der Waals surface area contributed by atoms with E-state index in [9.17, 15) is 4.79 Å². The van der Waals surface area contributed by atoms with Gasteiger partial charge < -0.3 is 14.2 Å². The molecule has 0 aromatic heterocycles. The molecule has 28 heavy (non-hydrogen) atoms. The third-order valence-corrected chi connectivity index (χ3v) is 5.41. The fraction of sp³-hybridized carbons (Fsp3) is 0.278. The van der Waals surface area contributed by atoms with Crippen molar-refractivity contribution in [1.82, 2.24) is 0 Å². The molecule has 0 heterocycles. The standard InChI is InChI=1S/C18H14Cl6O4/c1-8(7-26-16-5-12(21)10(19)3-14(16)23)27-18(25)9(2)28-17-6-13(22)11(20)4-15(17)24/h3-6,8-9H,7H2,1-2H3/t8-,9-/m1/s1. The third-order valence-electron chi connectivity index (χ3n) is 3.38. The predicted molar refractivity (Wildman–Crippen MR) is 114 cm³/mol. The summed E-state index contributed by atoms with van der Waals surface area (Å²) in [6.45, 7) is 3.22. The summed E-state index contributed by atoms with van der Waals surface area (Å²) < 4.78 is 16.3. The molecule has 0 amide bonds.